The fourth-order valence-corrected chi connectivity index (χ4v) is 7.04. The topological polar surface area (TPSA) is 115 Å². The van der Waals surface area contributed by atoms with E-state index in [1.54, 1.807) is 0 Å². The van der Waals surface area contributed by atoms with Crippen LogP contribution in [-0.2, 0) is 9.59 Å². The van der Waals surface area contributed by atoms with E-state index in [0.717, 1.165) is 5.57 Å². The van der Waals surface area contributed by atoms with Gasteiger partial charge in [-0.25, -0.2) is 0 Å². The molecule has 144 valence electrons. The Balaban J connectivity index is 1.75. The molecule has 0 unspecified atom stereocenters. The summed E-state index contributed by atoms with van der Waals surface area (Å²) in [5.41, 5.74) is -1.92. The van der Waals surface area contributed by atoms with Gasteiger partial charge in [-0.15, -0.1) is 0 Å². The Labute approximate surface area is 152 Å². The van der Waals surface area contributed by atoms with Gasteiger partial charge in [-0.2, -0.15) is 0 Å². The fraction of sp³-hybridized carbons (Fsp3) is 0.800. The third kappa shape index (κ3) is 2.06. The molecular formula is C20H28O6. The van der Waals surface area contributed by atoms with Crippen LogP contribution in [0.1, 0.15) is 58.3 Å². The Hall–Kier alpha value is -1.40. The van der Waals surface area contributed by atoms with E-state index in [4.69, 9.17) is 0 Å². The van der Waals surface area contributed by atoms with Crippen LogP contribution in [0.15, 0.2) is 11.6 Å². The van der Waals surface area contributed by atoms with Crippen LogP contribution in [-0.4, -0.2) is 44.1 Å². The van der Waals surface area contributed by atoms with E-state index in [9.17, 15) is 30.0 Å². The van der Waals surface area contributed by atoms with Crippen molar-refractivity contribution in [2.45, 2.75) is 70.0 Å². The number of carbonyl (C=O) groups is 2. The number of aliphatic hydroxyl groups excluding tert-OH is 1. The lowest BCUT2D eigenvalue weighted by molar-refractivity contribution is -0.223. The van der Waals surface area contributed by atoms with E-state index in [1.165, 1.54) is 0 Å². The predicted octanol–water partition coefficient (Wildman–Crippen LogP) is 2.19. The molecule has 26 heavy (non-hydrogen) atoms. The third-order valence-electron chi connectivity index (χ3n) is 8.32. The summed E-state index contributed by atoms with van der Waals surface area (Å²) in [6.45, 7) is 2.01. The fourth-order valence-electron chi connectivity index (χ4n) is 7.04. The van der Waals surface area contributed by atoms with Crippen LogP contribution in [0.4, 0.5) is 0 Å². The number of hydrogen-bond donors (Lipinski definition) is 4. The van der Waals surface area contributed by atoms with Gasteiger partial charge in [-0.05, 0) is 56.8 Å². The molecule has 0 heterocycles. The zero-order valence-corrected chi connectivity index (χ0v) is 15.1. The molecule has 6 heteroatoms. The summed E-state index contributed by atoms with van der Waals surface area (Å²) in [5.74, 6) is -2.35. The zero-order valence-electron chi connectivity index (χ0n) is 15.1. The van der Waals surface area contributed by atoms with Gasteiger partial charge < -0.3 is 20.4 Å². The summed E-state index contributed by atoms with van der Waals surface area (Å²) in [7, 11) is 0. The van der Waals surface area contributed by atoms with Crippen molar-refractivity contribution in [3.63, 3.8) is 0 Å². The Morgan fingerprint density at radius 2 is 1.85 bits per heavy atom. The third-order valence-corrected chi connectivity index (χ3v) is 8.32. The monoisotopic (exact) mass is 364 g/mol. The summed E-state index contributed by atoms with van der Waals surface area (Å²) >= 11 is 0. The number of aliphatic hydroxyl groups is 2. The van der Waals surface area contributed by atoms with Gasteiger partial charge in [0.2, 0.25) is 0 Å². The molecule has 0 amide bonds. The quantitative estimate of drug-likeness (QED) is 0.558. The molecule has 4 rings (SSSR count). The predicted molar refractivity (Wildman–Crippen MR) is 92.3 cm³/mol. The molecule has 0 radical (unpaired) electrons. The standard InChI is InChI=1S/C20H28O6/c1-18-7-6-14-12(13(18)2-3-15(18)16(22)23)5-8-19(26)10-11(21)4-9-20(14,19)17(24)25/h2,11-12,14-15,21,26H,3-10H2,1H3,(H,22,23)(H,24,25)/t11-,12+,14+,15-,18-,19-,20+/m0/s1. The van der Waals surface area contributed by atoms with Gasteiger partial charge in [0.1, 0.15) is 0 Å². The van der Waals surface area contributed by atoms with E-state index in [-0.39, 0.29) is 24.7 Å². The second-order valence-electron chi connectivity index (χ2n) is 9.20. The van der Waals surface area contributed by atoms with Crippen LogP contribution < -0.4 is 0 Å². The average molecular weight is 364 g/mol. The maximum Gasteiger partial charge on any atom is 0.312 e. The van der Waals surface area contributed by atoms with E-state index in [2.05, 4.69) is 0 Å². The Kier molecular flexibility index (Phi) is 3.84. The van der Waals surface area contributed by atoms with Crippen molar-refractivity contribution < 1.29 is 30.0 Å². The average Bonchev–Trinajstić information content (AvgIpc) is 2.91. The Bertz CT molecular complexity index is 686. The molecule has 6 nitrogen and oxygen atoms in total. The van der Waals surface area contributed by atoms with Crippen LogP contribution >= 0.6 is 0 Å². The lowest BCUT2D eigenvalue weighted by Crippen LogP contribution is -2.66. The number of allylic oxidation sites excluding steroid dienone is 2. The highest BCUT2D eigenvalue weighted by atomic mass is 16.4. The highest BCUT2D eigenvalue weighted by Crippen LogP contribution is 2.67. The number of carboxylic acid groups (broad SMARTS) is 2. The van der Waals surface area contributed by atoms with E-state index in [0.29, 0.717) is 38.5 Å². The van der Waals surface area contributed by atoms with Crippen molar-refractivity contribution in [3.8, 4) is 0 Å². The molecule has 3 fully saturated rings. The number of fused-ring (bicyclic) bond motifs is 5. The minimum atomic E-state index is -1.38. The second kappa shape index (κ2) is 5.55. The molecule has 0 aromatic heterocycles. The molecule has 0 saturated heterocycles. The summed E-state index contributed by atoms with van der Waals surface area (Å²) in [6, 6.07) is 0. The van der Waals surface area contributed by atoms with Gasteiger partial charge in [0.05, 0.1) is 23.0 Å². The highest BCUT2D eigenvalue weighted by molar-refractivity contribution is 5.78. The minimum absolute atomic E-state index is 0.0183. The van der Waals surface area contributed by atoms with Crippen molar-refractivity contribution in [2.24, 2.45) is 28.6 Å². The highest BCUT2D eigenvalue weighted by Gasteiger charge is 2.68. The smallest absolute Gasteiger partial charge is 0.312 e. The van der Waals surface area contributed by atoms with Crippen molar-refractivity contribution in [2.75, 3.05) is 0 Å². The molecule has 4 aliphatic rings. The van der Waals surface area contributed by atoms with Gasteiger partial charge in [0.15, 0.2) is 0 Å². The molecule has 3 saturated carbocycles. The summed E-state index contributed by atoms with van der Waals surface area (Å²) in [4.78, 5) is 24.2. The van der Waals surface area contributed by atoms with E-state index < -0.39 is 40.4 Å². The summed E-state index contributed by atoms with van der Waals surface area (Å²) in [6.07, 6.45) is 4.97. The van der Waals surface area contributed by atoms with Crippen LogP contribution in [0.2, 0.25) is 0 Å². The first-order valence-corrected chi connectivity index (χ1v) is 9.73. The van der Waals surface area contributed by atoms with Crippen LogP contribution in [0.3, 0.4) is 0 Å². The first-order chi connectivity index (χ1) is 12.2. The SMILES string of the molecule is C[C@]12CC[C@@H]3[C@H](CC[C@]4(O)C[C@@H](O)CC[C@]34C(=O)O)C1=CC[C@H]2C(=O)O. The van der Waals surface area contributed by atoms with E-state index >= 15 is 0 Å². The van der Waals surface area contributed by atoms with Gasteiger partial charge >= 0.3 is 11.9 Å². The molecule has 7 atom stereocenters. The number of carboxylic acids is 2. The first kappa shape index (κ1) is 18.0. The first-order valence-electron chi connectivity index (χ1n) is 9.73. The minimum Gasteiger partial charge on any atom is -0.481 e. The van der Waals surface area contributed by atoms with Crippen molar-refractivity contribution >= 4 is 11.9 Å². The second-order valence-corrected chi connectivity index (χ2v) is 9.20. The van der Waals surface area contributed by atoms with Crippen LogP contribution in [0, 0.1) is 28.6 Å². The van der Waals surface area contributed by atoms with Crippen LogP contribution in [0.5, 0.6) is 0 Å². The van der Waals surface area contributed by atoms with Crippen LogP contribution in [0.25, 0.3) is 0 Å². The van der Waals surface area contributed by atoms with Crippen molar-refractivity contribution in [3.05, 3.63) is 11.6 Å². The zero-order chi connectivity index (χ0) is 18.9. The maximum atomic E-state index is 12.5. The Morgan fingerprint density at radius 1 is 1.12 bits per heavy atom. The molecule has 0 aromatic carbocycles. The maximum absolute atomic E-state index is 12.5. The molecule has 0 bridgehead atoms. The number of aliphatic carboxylic acids is 2. The lowest BCUT2D eigenvalue weighted by Gasteiger charge is -2.61. The van der Waals surface area contributed by atoms with Crippen molar-refractivity contribution in [1.29, 1.82) is 0 Å². The number of rotatable bonds is 2. The largest absolute Gasteiger partial charge is 0.481 e. The molecule has 0 aromatic rings. The van der Waals surface area contributed by atoms with E-state index in [1.807, 2.05) is 13.0 Å². The molecule has 0 aliphatic heterocycles. The summed E-state index contributed by atoms with van der Waals surface area (Å²) in [5, 5.41) is 41.2. The normalized spacial score (nSPS) is 50.2. The molecule has 4 N–H and O–H groups in total. The number of hydrogen-bond acceptors (Lipinski definition) is 4. The molecule has 4 aliphatic carbocycles. The Morgan fingerprint density at radius 3 is 2.50 bits per heavy atom. The van der Waals surface area contributed by atoms with Gasteiger partial charge in [0, 0.05) is 11.8 Å². The summed E-state index contributed by atoms with van der Waals surface area (Å²) < 4.78 is 0. The molecular weight excluding hydrogens is 336 g/mol. The van der Waals surface area contributed by atoms with Gasteiger partial charge in [-0.1, -0.05) is 18.6 Å². The molecule has 0 spiro atoms. The van der Waals surface area contributed by atoms with Gasteiger partial charge in [0.25, 0.3) is 0 Å². The lowest BCUT2D eigenvalue weighted by atomic mass is 9.43. The van der Waals surface area contributed by atoms with Crippen molar-refractivity contribution in [1.82, 2.24) is 0 Å². The van der Waals surface area contributed by atoms with Gasteiger partial charge in [-0.3, -0.25) is 9.59 Å².